The second kappa shape index (κ2) is 10.0. The van der Waals surface area contributed by atoms with Crippen LogP contribution in [0, 0.1) is 0 Å². The van der Waals surface area contributed by atoms with E-state index < -0.39 is 12.1 Å². The maximum absolute atomic E-state index is 13.4. The van der Waals surface area contributed by atoms with Gasteiger partial charge in [-0.3, -0.25) is 14.6 Å². The fourth-order valence-corrected chi connectivity index (χ4v) is 5.06. The fraction of sp³-hybridized carbons (Fsp3) is 0.462. The van der Waals surface area contributed by atoms with E-state index in [0.717, 1.165) is 37.3 Å². The molecule has 0 saturated carbocycles. The summed E-state index contributed by atoms with van der Waals surface area (Å²) in [6, 6.07) is 14.8. The van der Waals surface area contributed by atoms with Crippen molar-refractivity contribution in [3.05, 3.63) is 70.8 Å². The number of carboxylic acids is 1. The van der Waals surface area contributed by atoms with Gasteiger partial charge in [0.15, 0.2) is 0 Å². The first kappa shape index (κ1) is 23.4. The number of piperazine rings is 1. The Morgan fingerprint density at radius 3 is 1.85 bits per heavy atom. The quantitative estimate of drug-likeness (QED) is 0.723. The number of nitrogens with zero attached hydrogens (tertiary/aromatic N) is 3. The predicted molar refractivity (Wildman–Crippen MR) is 125 cm³/mol. The second-order valence-electron chi connectivity index (χ2n) is 9.42. The molecular weight excluding hydrogens is 421 g/mol. The Kier molecular flexibility index (Phi) is 7.10. The van der Waals surface area contributed by atoms with Gasteiger partial charge in [-0.2, -0.15) is 0 Å². The van der Waals surface area contributed by atoms with Gasteiger partial charge in [-0.25, -0.2) is 9.18 Å². The molecule has 33 heavy (non-hydrogen) atoms. The summed E-state index contributed by atoms with van der Waals surface area (Å²) >= 11 is 0. The number of carbonyl (C=O) groups excluding carboxylic acids is 1. The van der Waals surface area contributed by atoms with Crippen molar-refractivity contribution in [1.29, 1.82) is 0 Å². The topological polar surface area (TPSA) is 64.1 Å². The summed E-state index contributed by atoms with van der Waals surface area (Å²) in [7, 11) is 0. The first-order chi connectivity index (χ1) is 15.8. The molecule has 1 amide bonds. The zero-order chi connectivity index (χ0) is 23.5. The van der Waals surface area contributed by atoms with Gasteiger partial charge in [-0.15, -0.1) is 0 Å². The van der Waals surface area contributed by atoms with Crippen molar-refractivity contribution >= 4 is 11.9 Å². The van der Waals surface area contributed by atoms with Crippen LogP contribution in [0.3, 0.4) is 0 Å². The average molecular weight is 454 g/mol. The molecule has 2 aromatic rings. The van der Waals surface area contributed by atoms with E-state index in [0.29, 0.717) is 25.1 Å². The molecule has 3 atom stereocenters. The minimum Gasteiger partial charge on any atom is -0.478 e. The molecule has 0 bridgehead atoms. The SMILES string of the molecule is C[C@@H]1CN(Cc2ccc(C(=O)O)cc2)C[C@H](C)N1C(=O)c1ccc(CN2CC[C@@H](F)C2)cc1. The maximum Gasteiger partial charge on any atom is 0.335 e. The molecule has 0 spiro atoms. The Morgan fingerprint density at radius 1 is 0.848 bits per heavy atom. The zero-order valence-electron chi connectivity index (χ0n) is 19.3. The lowest BCUT2D eigenvalue weighted by atomic mass is 10.0. The molecule has 6 nitrogen and oxygen atoms in total. The maximum atomic E-state index is 13.4. The normalized spacial score (nSPS) is 24.2. The molecule has 2 fully saturated rings. The third-order valence-electron chi connectivity index (χ3n) is 6.66. The molecule has 0 unspecified atom stereocenters. The van der Waals surface area contributed by atoms with E-state index in [1.165, 1.54) is 0 Å². The number of aromatic carboxylic acids is 1. The Bertz CT molecular complexity index is 967. The number of likely N-dealkylation sites (tertiary alicyclic amines) is 1. The van der Waals surface area contributed by atoms with Gasteiger partial charge < -0.3 is 10.0 Å². The lowest BCUT2D eigenvalue weighted by molar-refractivity contribution is 0.0268. The van der Waals surface area contributed by atoms with Gasteiger partial charge in [-0.1, -0.05) is 24.3 Å². The van der Waals surface area contributed by atoms with E-state index in [9.17, 15) is 14.0 Å². The number of hydrogen-bond acceptors (Lipinski definition) is 4. The number of carbonyl (C=O) groups is 2. The summed E-state index contributed by atoms with van der Waals surface area (Å²) in [5, 5.41) is 9.07. The minimum absolute atomic E-state index is 0.0389. The van der Waals surface area contributed by atoms with Crippen molar-refractivity contribution in [2.24, 2.45) is 0 Å². The molecule has 2 aliphatic rings. The first-order valence-corrected chi connectivity index (χ1v) is 11.6. The molecule has 2 aliphatic heterocycles. The number of alkyl halides is 1. The van der Waals surface area contributed by atoms with Crippen LogP contribution in [0.5, 0.6) is 0 Å². The molecule has 176 valence electrons. The standard InChI is InChI=1S/C26H32FN3O3/c1-18-13-29(16-21-5-9-23(10-6-21)26(32)33)14-19(2)30(18)25(31)22-7-3-20(4-8-22)15-28-12-11-24(27)17-28/h3-10,18-19,24H,11-17H2,1-2H3,(H,32,33)/t18-,19+,24-/m1/s1. The Hall–Kier alpha value is -2.77. The fourth-order valence-electron chi connectivity index (χ4n) is 5.06. The van der Waals surface area contributed by atoms with Crippen LogP contribution >= 0.6 is 0 Å². The molecule has 4 rings (SSSR count). The highest BCUT2D eigenvalue weighted by Gasteiger charge is 2.33. The second-order valence-corrected chi connectivity index (χ2v) is 9.42. The lowest BCUT2D eigenvalue weighted by Crippen LogP contribution is -2.58. The molecule has 0 radical (unpaired) electrons. The van der Waals surface area contributed by atoms with E-state index in [1.807, 2.05) is 41.3 Å². The molecule has 2 saturated heterocycles. The van der Waals surface area contributed by atoms with Gasteiger partial charge in [0.2, 0.25) is 0 Å². The van der Waals surface area contributed by atoms with E-state index in [-0.39, 0.29) is 23.6 Å². The van der Waals surface area contributed by atoms with Gasteiger partial charge in [0.1, 0.15) is 6.17 Å². The number of benzene rings is 2. The highest BCUT2D eigenvalue weighted by atomic mass is 19.1. The number of amides is 1. The highest BCUT2D eigenvalue weighted by molar-refractivity contribution is 5.94. The van der Waals surface area contributed by atoms with Crippen LogP contribution < -0.4 is 0 Å². The van der Waals surface area contributed by atoms with Crippen molar-refractivity contribution in [2.45, 2.75) is 51.6 Å². The predicted octanol–water partition coefficient (Wildman–Crippen LogP) is 3.66. The summed E-state index contributed by atoms with van der Waals surface area (Å²) in [6.45, 7) is 8.37. The van der Waals surface area contributed by atoms with E-state index >= 15 is 0 Å². The molecular formula is C26H32FN3O3. The van der Waals surface area contributed by atoms with Crippen LogP contribution in [0.4, 0.5) is 4.39 Å². The Labute approximate surface area is 194 Å². The minimum atomic E-state index is -0.923. The van der Waals surface area contributed by atoms with Crippen LogP contribution in [0.2, 0.25) is 0 Å². The lowest BCUT2D eigenvalue weighted by Gasteiger charge is -2.44. The van der Waals surface area contributed by atoms with Crippen LogP contribution in [-0.4, -0.2) is 76.1 Å². The van der Waals surface area contributed by atoms with Crippen molar-refractivity contribution < 1.29 is 19.1 Å². The summed E-state index contributed by atoms with van der Waals surface area (Å²) in [5.74, 6) is -0.884. The molecule has 0 aromatic heterocycles. The van der Waals surface area contributed by atoms with Crippen molar-refractivity contribution in [1.82, 2.24) is 14.7 Å². The highest BCUT2D eigenvalue weighted by Crippen LogP contribution is 2.22. The van der Waals surface area contributed by atoms with Crippen LogP contribution in [-0.2, 0) is 13.1 Å². The summed E-state index contributed by atoms with van der Waals surface area (Å²) in [6.07, 6.45) is -0.122. The summed E-state index contributed by atoms with van der Waals surface area (Å²) < 4.78 is 13.4. The van der Waals surface area contributed by atoms with Crippen LogP contribution in [0.15, 0.2) is 48.5 Å². The number of hydrogen-bond donors (Lipinski definition) is 1. The smallest absolute Gasteiger partial charge is 0.335 e. The van der Waals surface area contributed by atoms with E-state index in [2.05, 4.69) is 23.6 Å². The van der Waals surface area contributed by atoms with Gasteiger partial charge in [0.05, 0.1) is 5.56 Å². The average Bonchev–Trinajstić information content (AvgIpc) is 3.18. The summed E-state index contributed by atoms with van der Waals surface area (Å²) in [5.41, 5.74) is 3.13. The Morgan fingerprint density at radius 2 is 1.36 bits per heavy atom. The van der Waals surface area contributed by atoms with E-state index in [4.69, 9.17) is 5.11 Å². The molecule has 7 heteroatoms. The monoisotopic (exact) mass is 453 g/mol. The van der Waals surface area contributed by atoms with Crippen LogP contribution in [0.25, 0.3) is 0 Å². The zero-order valence-corrected chi connectivity index (χ0v) is 19.3. The Balaban J connectivity index is 1.35. The van der Waals surface area contributed by atoms with Crippen molar-refractivity contribution in [3.63, 3.8) is 0 Å². The number of carboxylic acid groups (broad SMARTS) is 1. The molecule has 1 N–H and O–H groups in total. The number of halogens is 1. The van der Waals surface area contributed by atoms with Crippen molar-refractivity contribution in [2.75, 3.05) is 26.2 Å². The van der Waals surface area contributed by atoms with Gasteiger partial charge >= 0.3 is 5.97 Å². The van der Waals surface area contributed by atoms with Gasteiger partial charge in [0.25, 0.3) is 5.91 Å². The third-order valence-corrected chi connectivity index (χ3v) is 6.66. The van der Waals surface area contributed by atoms with Crippen molar-refractivity contribution in [3.8, 4) is 0 Å². The largest absolute Gasteiger partial charge is 0.478 e. The third kappa shape index (κ3) is 5.60. The molecule has 2 heterocycles. The summed E-state index contributed by atoms with van der Waals surface area (Å²) in [4.78, 5) is 30.7. The molecule has 0 aliphatic carbocycles. The van der Waals surface area contributed by atoms with Gasteiger partial charge in [-0.05, 0) is 55.7 Å². The number of rotatable bonds is 6. The molecule has 2 aromatic carbocycles. The van der Waals surface area contributed by atoms with E-state index in [1.54, 1.807) is 12.1 Å². The van der Waals surface area contributed by atoms with Gasteiger partial charge in [0, 0.05) is 56.9 Å². The van der Waals surface area contributed by atoms with Crippen LogP contribution in [0.1, 0.15) is 52.1 Å². The first-order valence-electron chi connectivity index (χ1n) is 11.6.